The van der Waals surface area contributed by atoms with Crippen LogP contribution in [0.1, 0.15) is 24.7 Å². The van der Waals surface area contributed by atoms with Gasteiger partial charge in [-0.25, -0.2) is 4.99 Å². The van der Waals surface area contributed by atoms with Crippen LogP contribution in [0.4, 0.5) is 0 Å². The van der Waals surface area contributed by atoms with Gasteiger partial charge in [0.2, 0.25) is 0 Å². The van der Waals surface area contributed by atoms with E-state index in [0.717, 1.165) is 36.9 Å². The first-order valence-electron chi connectivity index (χ1n) is 6.83. The molecule has 0 amide bonds. The molecule has 0 aromatic carbocycles. The van der Waals surface area contributed by atoms with Gasteiger partial charge in [0, 0.05) is 25.3 Å². The molecule has 1 saturated heterocycles. The van der Waals surface area contributed by atoms with Gasteiger partial charge in [-0.15, -0.1) is 0 Å². The molecular weight excluding hydrogens is 240 g/mol. The van der Waals surface area contributed by atoms with E-state index in [9.17, 15) is 5.11 Å². The molecule has 0 saturated carbocycles. The van der Waals surface area contributed by atoms with Crippen LogP contribution in [0.25, 0.3) is 0 Å². The largest absolute Gasteiger partial charge is 0.391 e. The lowest BCUT2D eigenvalue weighted by molar-refractivity contribution is 0.188. The van der Waals surface area contributed by atoms with E-state index in [0.29, 0.717) is 13.1 Å². The summed E-state index contributed by atoms with van der Waals surface area (Å²) in [5.74, 6) is 0.863. The average Bonchev–Trinajstić information content (AvgIpc) is 2.81. The molecule has 1 aliphatic heterocycles. The Balaban J connectivity index is 2.04. The second-order valence-electron chi connectivity index (χ2n) is 4.83. The molecule has 0 unspecified atom stereocenters. The van der Waals surface area contributed by atoms with E-state index in [1.807, 2.05) is 32.0 Å². The smallest absolute Gasteiger partial charge is 0.194 e. The first-order chi connectivity index (χ1) is 9.19. The number of aliphatic hydroxyl groups is 1. The Labute approximate surface area is 114 Å². The number of aliphatic hydroxyl groups excluding tert-OH is 1. The predicted octanol–water partition coefficient (Wildman–Crippen LogP) is 0.922. The molecule has 2 rings (SSSR count). The number of aliphatic imine (C=N–C) groups is 1. The van der Waals surface area contributed by atoms with Crippen LogP contribution in [-0.2, 0) is 6.54 Å². The van der Waals surface area contributed by atoms with Crippen molar-refractivity contribution in [1.82, 2.24) is 15.2 Å². The van der Waals surface area contributed by atoms with Crippen molar-refractivity contribution < 1.29 is 5.11 Å². The highest BCUT2D eigenvalue weighted by atomic mass is 16.3. The molecule has 0 radical (unpaired) electrons. The summed E-state index contributed by atoms with van der Waals surface area (Å²) in [6, 6.07) is 5.97. The summed E-state index contributed by atoms with van der Waals surface area (Å²) >= 11 is 0. The summed E-state index contributed by atoms with van der Waals surface area (Å²) in [5.41, 5.74) is 1.98. The van der Waals surface area contributed by atoms with E-state index in [2.05, 4.69) is 20.2 Å². The van der Waals surface area contributed by atoms with E-state index in [-0.39, 0.29) is 6.10 Å². The van der Waals surface area contributed by atoms with E-state index in [4.69, 9.17) is 0 Å². The maximum atomic E-state index is 9.60. The van der Waals surface area contributed by atoms with E-state index < -0.39 is 0 Å². The van der Waals surface area contributed by atoms with Gasteiger partial charge in [0.05, 0.1) is 18.3 Å². The van der Waals surface area contributed by atoms with E-state index >= 15 is 0 Å². The van der Waals surface area contributed by atoms with Crippen LogP contribution in [-0.4, -0.2) is 46.7 Å². The van der Waals surface area contributed by atoms with Crippen LogP contribution in [0.15, 0.2) is 23.2 Å². The third kappa shape index (κ3) is 3.92. The van der Waals surface area contributed by atoms with Crippen molar-refractivity contribution in [3.05, 3.63) is 29.6 Å². The van der Waals surface area contributed by atoms with Gasteiger partial charge in [-0.1, -0.05) is 6.07 Å². The second kappa shape index (κ2) is 6.52. The molecular formula is C14H22N4O. The number of likely N-dealkylation sites (tertiary alicyclic amines) is 1. The van der Waals surface area contributed by atoms with Crippen molar-refractivity contribution in [2.24, 2.45) is 4.99 Å². The first kappa shape index (κ1) is 13.8. The third-order valence-electron chi connectivity index (χ3n) is 3.13. The second-order valence-corrected chi connectivity index (χ2v) is 4.83. The highest BCUT2D eigenvalue weighted by Crippen LogP contribution is 2.09. The lowest BCUT2D eigenvalue weighted by Gasteiger charge is -2.20. The summed E-state index contributed by atoms with van der Waals surface area (Å²) in [6.07, 6.45) is 0.577. The topological polar surface area (TPSA) is 60.8 Å². The Kier molecular flexibility index (Phi) is 4.74. The normalized spacial score (nSPS) is 19.8. The Hall–Kier alpha value is -1.62. The van der Waals surface area contributed by atoms with Gasteiger partial charge in [0.25, 0.3) is 0 Å². The first-order valence-corrected chi connectivity index (χ1v) is 6.83. The van der Waals surface area contributed by atoms with Gasteiger partial charge in [-0.05, 0) is 32.4 Å². The molecule has 1 aliphatic rings. The van der Waals surface area contributed by atoms with Gasteiger partial charge >= 0.3 is 0 Å². The molecule has 1 aromatic rings. The number of hydrogen-bond donors (Lipinski definition) is 2. The monoisotopic (exact) mass is 262 g/mol. The number of nitrogens with zero attached hydrogens (tertiary/aromatic N) is 3. The van der Waals surface area contributed by atoms with Crippen molar-refractivity contribution in [2.45, 2.75) is 32.9 Å². The van der Waals surface area contributed by atoms with Crippen LogP contribution < -0.4 is 5.32 Å². The fourth-order valence-corrected chi connectivity index (χ4v) is 2.20. The maximum absolute atomic E-state index is 9.60. The van der Waals surface area contributed by atoms with Crippen LogP contribution in [0.3, 0.4) is 0 Å². The predicted molar refractivity (Wildman–Crippen MR) is 76.0 cm³/mol. The lowest BCUT2D eigenvalue weighted by atomic mass is 10.3. The zero-order valence-corrected chi connectivity index (χ0v) is 11.6. The fraction of sp³-hybridized carbons (Fsp3) is 0.571. The lowest BCUT2D eigenvalue weighted by Crippen LogP contribution is -2.40. The van der Waals surface area contributed by atoms with Crippen molar-refractivity contribution in [2.75, 3.05) is 19.6 Å². The zero-order valence-electron chi connectivity index (χ0n) is 11.6. The highest BCUT2D eigenvalue weighted by Gasteiger charge is 2.22. The Morgan fingerprint density at radius 3 is 3.05 bits per heavy atom. The zero-order chi connectivity index (χ0) is 13.7. The molecule has 2 heterocycles. The molecule has 0 bridgehead atoms. The number of hydrogen-bond acceptors (Lipinski definition) is 3. The molecule has 0 spiro atoms. The van der Waals surface area contributed by atoms with Gasteiger partial charge < -0.3 is 15.3 Å². The number of nitrogens with one attached hydrogen (secondary N) is 1. The van der Waals surface area contributed by atoms with E-state index in [1.165, 1.54) is 0 Å². The minimum absolute atomic E-state index is 0.235. The Morgan fingerprint density at radius 1 is 1.58 bits per heavy atom. The molecule has 0 aliphatic carbocycles. The van der Waals surface area contributed by atoms with Crippen LogP contribution in [0, 0.1) is 6.92 Å². The van der Waals surface area contributed by atoms with Crippen molar-refractivity contribution >= 4 is 5.96 Å². The minimum atomic E-state index is -0.235. The molecule has 1 atom stereocenters. The summed E-state index contributed by atoms with van der Waals surface area (Å²) in [4.78, 5) is 11.1. The van der Waals surface area contributed by atoms with Crippen LogP contribution in [0.5, 0.6) is 0 Å². The average molecular weight is 262 g/mol. The van der Waals surface area contributed by atoms with Gasteiger partial charge in [-0.2, -0.15) is 0 Å². The summed E-state index contributed by atoms with van der Waals surface area (Å²) in [6.45, 7) is 6.94. The molecule has 104 valence electrons. The number of rotatable bonds is 3. The van der Waals surface area contributed by atoms with E-state index in [1.54, 1.807) is 0 Å². The number of guanidine groups is 1. The fourth-order valence-electron chi connectivity index (χ4n) is 2.20. The molecule has 19 heavy (non-hydrogen) atoms. The molecule has 5 heteroatoms. The van der Waals surface area contributed by atoms with Gasteiger partial charge in [0.15, 0.2) is 5.96 Å². The number of aromatic nitrogens is 1. The third-order valence-corrected chi connectivity index (χ3v) is 3.13. The highest BCUT2D eigenvalue weighted by molar-refractivity contribution is 5.80. The molecule has 5 nitrogen and oxygen atoms in total. The van der Waals surface area contributed by atoms with Crippen LogP contribution in [0.2, 0.25) is 0 Å². The Morgan fingerprint density at radius 2 is 2.42 bits per heavy atom. The maximum Gasteiger partial charge on any atom is 0.194 e. The SMILES string of the molecule is CCNC(=NCc1cccc(C)n1)N1CC[C@@H](O)C1. The van der Waals surface area contributed by atoms with Crippen molar-refractivity contribution in [3.8, 4) is 0 Å². The molecule has 2 N–H and O–H groups in total. The standard InChI is InChI=1S/C14H22N4O/c1-3-15-14(18-8-7-13(19)10-18)16-9-12-6-4-5-11(2)17-12/h4-6,13,19H,3,7-10H2,1-2H3,(H,15,16)/t13-/m1/s1. The Bertz CT molecular complexity index is 447. The number of β-amino-alcohol motifs (C(OH)–C–C–N with tert-alkyl or cyclic N) is 1. The minimum Gasteiger partial charge on any atom is -0.391 e. The summed E-state index contributed by atoms with van der Waals surface area (Å²) in [5, 5.41) is 12.9. The number of aryl methyl sites for hydroxylation is 1. The quantitative estimate of drug-likeness (QED) is 0.628. The number of pyridine rings is 1. The van der Waals surface area contributed by atoms with Crippen molar-refractivity contribution in [1.29, 1.82) is 0 Å². The molecule has 1 fully saturated rings. The van der Waals surface area contributed by atoms with Gasteiger partial charge in [0.1, 0.15) is 0 Å². The van der Waals surface area contributed by atoms with Crippen molar-refractivity contribution in [3.63, 3.8) is 0 Å². The van der Waals surface area contributed by atoms with Gasteiger partial charge in [-0.3, -0.25) is 4.98 Å². The summed E-state index contributed by atoms with van der Waals surface area (Å²) < 4.78 is 0. The molecule has 1 aromatic heterocycles. The van der Waals surface area contributed by atoms with Crippen LogP contribution >= 0.6 is 0 Å². The summed E-state index contributed by atoms with van der Waals surface area (Å²) in [7, 11) is 0.